The van der Waals surface area contributed by atoms with E-state index in [4.69, 9.17) is 22.1 Å². The fourth-order valence-corrected chi connectivity index (χ4v) is 2.56. The minimum Gasteiger partial charge on any atom is -0.496 e. The fourth-order valence-electron chi connectivity index (χ4n) is 2.31. The SMILES string of the molecule is COc1ccc(-c2nc3cccc(Cl)n3c2N)cc1C. The minimum atomic E-state index is 0.537. The third-order valence-electron chi connectivity index (χ3n) is 3.30. The molecule has 0 spiro atoms. The van der Waals surface area contributed by atoms with E-state index in [9.17, 15) is 0 Å². The summed E-state index contributed by atoms with van der Waals surface area (Å²) in [6, 6.07) is 11.4. The van der Waals surface area contributed by atoms with Crippen LogP contribution in [0.15, 0.2) is 36.4 Å². The predicted octanol–water partition coefficient (Wildman–Crippen LogP) is 3.55. The minimum absolute atomic E-state index is 0.537. The highest BCUT2D eigenvalue weighted by Crippen LogP contribution is 2.31. The van der Waals surface area contributed by atoms with E-state index >= 15 is 0 Å². The van der Waals surface area contributed by atoms with E-state index in [0.29, 0.717) is 11.0 Å². The molecule has 20 heavy (non-hydrogen) atoms. The van der Waals surface area contributed by atoms with Crippen molar-refractivity contribution < 1.29 is 4.74 Å². The van der Waals surface area contributed by atoms with E-state index in [1.807, 2.05) is 37.3 Å². The zero-order valence-electron chi connectivity index (χ0n) is 11.2. The summed E-state index contributed by atoms with van der Waals surface area (Å²) in [5.41, 5.74) is 9.62. The molecular formula is C15H14ClN3O. The van der Waals surface area contributed by atoms with Gasteiger partial charge < -0.3 is 10.5 Å². The van der Waals surface area contributed by atoms with Gasteiger partial charge in [-0.3, -0.25) is 4.40 Å². The summed E-state index contributed by atoms with van der Waals surface area (Å²) in [5, 5.41) is 0.545. The first kappa shape index (κ1) is 12.8. The zero-order valence-corrected chi connectivity index (χ0v) is 12.0. The number of benzene rings is 1. The van der Waals surface area contributed by atoms with Gasteiger partial charge in [0, 0.05) is 5.56 Å². The van der Waals surface area contributed by atoms with Crippen molar-refractivity contribution in [2.24, 2.45) is 0 Å². The molecule has 5 heteroatoms. The topological polar surface area (TPSA) is 52.5 Å². The first-order valence-electron chi connectivity index (χ1n) is 6.19. The number of anilines is 1. The number of aryl methyl sites for hydroxylation is 1. The monoisotopic (exact) mass is 287 g/mol. The number of hydrogen-bond acceptors (Lipinski definition) is 3. The van der Waals surface area contributed by atoms with Crippen molar-refractivity contribution in [2.75, 3.05) is 12.8 Å². The van der Waals surface area contributed by atoms with E-state index in [0.717, 1.165) is 28.2 Å². The average molecular weight is 288 g/mol. The molecule has 0 fully saturated rings. The van der Waals surface area contributed by atoms with E-state index < -0.39 is 0 Å². The second kappa shape index (κ2) is 4.72. The molecule has 0 radical (unpaired) electrons. The highest BCUT2D eigenvalue weighted by Gasteiger charge is 2.13. The summed E-state index contributed by atoms with van der Waals surface area (Å²) in [5.74, 6) is 1.38. The Morgan fingerprint density at radius 2 is 2.05 bits per heavy atom. The molecule has 4 nitrogen and oxygen atoms in total. The molecule has 0 bridgehead atoms. The van der Waals surface area contributed by atoms with Gasteiger partial charge in [0.25, 0.3) is 0 Å². The molecule has 0 saturated carbocycles. The smallest absolute Gasteiger partial charge is 0.140 e. The van der Waals surface area contributed by atoms with Gasteiger partial charge in [0.2, 0.25) is 0 Å². The number of nitrogen functional groups attached to an aromatic ring is 1. The number of halogens is 1. The summed E-state index contributed by atoms with van der Waals surface area (Å²) in [7, 11) is 1.65. The molecule has 3 aromatic rings. The number of pyridine rings is 1. The van der Waals surface area contributed by atoms with E-state index in [1.165, 1.54) is 0 Å². The molecule has 102 valence electrons. The van der Waals surface area contributed by atoms with Crippen LogP contribution >= 0.6 is 11.6 Å². The van der Waals surface area contributed by atoms with Gasteiger partial charge in [-0.25, -0.2) is 4.98 Å². The molecule has 2 N–H and O–H groups in total. The Morgan fingerprint density at radius 1 is 1.25 bits per heavy atom. The maximum absolute atomic E-state index is 6.18. The normalized spacial score (nSPS) is 10.9. The van der Waals surface area contributed by atoms with Crippen LogP contribution in [0, 0.1) is 6.92 Å². The standard InChI is InChI=1S/C15H14ClN3O/c1-9-8-10(6-7-11(9)20-2)14-15(17)19-12(16)4-3-5-13(19)18-14/h3-8H,17H2,1-2H3. The molecular weight excluding hydrogens is 274 g/mol. The number of nitrogens with zero attached hydrogens (tertiary/aromatic N) is 2. The number of methoxy groups -OCH3 is 1. The number of aromatic nitrogens is 2. The average Bonchev–Trinajstić information content (AvgIpc) is 2.77. The van der Waals surface area contributed by atoms with Crippen LogP contribution in [-0.2, 0) is 0 Å². The van der Waals surface area contributed by atoms with Gasteiger partial charge in [-0.1, -0.05) is 17.7 Å². The van der Waals surface area contributed by atoms with Gasteiger partial charge in [-0.2, -0.15) is 0 Å². The summed E-state index contributed by atoms with van der Waals surface area (Å²) in [6.45, 7) is 1.99. The number of nitrogens with two attached hydrogens (primary N) is 1. The van der Waals surface area contributed by atoms with Crippen molar-refractivity contribution in [3.05, 3.63) is 47.1 Å². The van der Waals surface area contributed by atoms with Gasteiger partial charge in [0.1, 0.15) is 28.1 Å². The molecule has 0 atom stereocenters. The van der Waals surface area contributed by atoms with Crippen LogP contribution in [0.5, 0.6) is 5.75 Å². The lowest BCUT2D eigenvalue weighted by molar-refractivity contribution is 0.412. The Bertz CT molecular complexity index is 795. The van der Waals surface area contributed by atoms with Crippen molar-refractivity contribution >= 4 is 23.1 Å². The molecule has 0 aliphatic rings. The molecule has 3 rings (SSSR count). The fraction of sp³-hybridized carbons (Fsp3) is 0.133. The number of fused-ring (bicyclic) bond motifs is 1. The van der Waals surface area contributed by atoms with Crippen molar-refractivity contribution in [2.45, 2.75) is 6.92 Å². The quantitative estimate of drug-likeness (QED) is 0.733. The summed E-state index contributed by atoms with van der Waals surface area (Å²) in [4.78, 5) is 4.55. The largest absolute Gasteiger partial charge is 0.496 e. The molecule has 0 unspecified atom stereocenters. The van der Waals surface area contributed by atoms with E-state index in [2.05, 4.69) is 4.98 Å². The first-order valence-corrected chi connectivity index (χ1v) is 6.57. The van der Waals surface area contributed by atoms with Gasteiger partial charge in [-0.15, -0.1) is 0 Å². The molecule has 0 aliphatic carbocycles. The Labute approximate surface area is 121 Å². The Morgan fingerprint density at radius 3 is 2.70 bits per heavy atom. The number of rotatable bonds is 2. The number of imidazole rings is 1. The van der Waals surface area contributed by atoms with Crippen LogP contribution in [0.1, 0.15) is 5.56 Å². The van der Waals surface area contributed by atoms with Crippen molar-refractivity contribution in [1.82, 2.24) is 9.38 Å². The zero-order chi connectivity index (χ0) is 14.3. The second-order valence-electron chi connectivity index (χ2n) is 4.57. The maximum atomic E-state index is 6.18. The van der Waals surface area contributed by atoms with Crippen molar-refractivity contribution in [3.8, 4) is 17.0 Å². The lowest BCUT2D eigenvalue weighted by Gasteiger charge is -2.06. The molecule has 2 heterocycles. The third kappa shape index (κ3) is 1.89. The lowest BCUT2D eigenvalue weighted by Crippen LogP contribution is -1.95. The highest BCUT2D eigenvalue weighted by molar-refractivity contribution is 6.30. The van der Waals surface area contributed by atoms with Crippen LogP contribution < -0.4 is 10.5 Å². The highest BCUT2D eigenvalue weighted by atomic mass is 35.5. The Hall–Kier alpha value is -2.20. The van der Waals surface area contributed by atoms with Crippen molar-refractivity contribution in [1.29, 1.82) is 0 Å². The van der Waals surface area contributed by atoms with Gasteiger partial charge in [-0.05, 0) is 42.8 Å². The molecule has 1 aromatic carbocycles. The third-order valence-corrected chi connectivity index (χ3v) is 3.59. The summed E-state index contributed by atoms with van der Waals surface area (Å²) >= 11 is 6.17. The van der Waals surface area contributed by atoms with Crippen LogP contribution in [0.4, 0.5) is 5.82 Å². The Balaban J connectivity index is 2.22. The van der Waals surface area contributed by atoms with Gasteiger partial charge >= 0.3 is 0 Å². The first-order chi connectivity index (χ1) is 9.61. The molecule has 0 amide bonds. The van der Waals surface area contributed by atoms with E-state index in [-0.39, 0.29) is 0 Å². The summed E-state index contributed by atoms with van der Waals surface area (Å²) in [6.07, 6.45) is 0. The lowest BCUT2D eigenvalue weighted by atomic mass is 10.1. The second-order valence-corrected chi connectivity index (χ2v) is 4.96. The number of ether oxygens (including phenoxy) is 1. The number of hydrogen-bond donors (Lipinski definition) is 1. The van der Waals surface area contributed by atoms with Crippen LogP contribution in [0.3, 0.4) is 0 Å². The maximum Gasteiger partial charge on any atom is 0.140 e. The predicted molar refractivity (Wildman–Crippen MR) is 81.3 cm³/mol. The summed E-state index contributed by atoms with van der Waals surface area (Å²) < 4.78 is 7.00. The van der Waals surface area contributed by atoms with Crippen LogP contribution in [-0.4, -0.2) is 16.5 Å². The van der Waals surface area contributed by atoms with E-state index in [1.54, 1.807) is 17.6 Å². The molecule has 0 aliphatic heterocycles. The van der Waals surface area contributed by atoms with Crippen LogP contribution in [0.25, 0.3) is 16.9 Å². The van der Waals surface area contributed by atoms with Gasteiger partial charge in [0.05, 0.1) is 7.11 Å². The van der Waals surface area contributed by atoms with Crippen LogP contribution in [0.2, 0.25) is 5.15 Å². The Kier molecular flexibility index (Phi) is 3.03. The molecule has 0 saturated heterocycles. The molecule has 2 aromatic heterocycles. The van der Waals surface area contributed by atoms with Crippen molar-refractivity contribution in [3.63, 3.8) is 0 Å². The van der Waals surface area contributed by atoms with Gasteiger partial charge in [0.15, 0.2) is 0 Å².